The van der Waals surface area contributed by atoms with E-state index in [0.29, 0.717) is 5.92 Å². The van der Waals surface area contributed by atoms with Gasteiger partial charge in [0.25, 0.3) is 0 Å². The molecule has 0 aliphatic carbocycles. The van der Waals surface area contributed by atoms with Crippen LogP contribution in [0.15, 0.2) is 84.5 Å². The molecule has 12 heteroatoms. The van der Waals surface area contributed by atoms with Crippen molar-refractivity contribution < 1.29 is 8.42 Å². The normalized spacial score (nSPS) is 14.6. The van der Waals surface area contributed by atoms with Gasteiger partial charge in [-0.3, -0.25) is 0 Å². The van der Waals surface area contributed by atoms with Gasteiger partial charge in [0, 0.05) is 51.0 Å². The van der Waals surface area contributed by atoms with Gasteiger partial charge in [-0.15, -0.1) is 0 Å². The lowest BCUT2D eigenvalue weighted by atomic mass is 9.97. The number of hydrogen-bond acceptors (Lipinski definition) is 9. The molecule has 1 aliphatic heterocycles. The smallest absolute Gasteiger partial charge is 0.240 e. The Kier molecular flexibility index (Phi) is 7.22. The monoisotopic (exact) mass is 560 g/mol. The largest absolute Gasteiger partial charge is 0.361 e. The summed E-state index contributed by atoms with van der Waals surface area (Å²) in [4.78, 5) is 19.9. The van der Waals surface area contributed by atoms with E-state index in [0.717, 1.165) is 65.0 Å². The average Bonchev–Trinajstić information content (AvgIpc) is 3.66. The second-order valence-corrected chi connectivity index (χ2v) is 12.2. The Morgan fingerprint density at radius 1 is 1.00 bits per heavy atom. The highest BCUT2D eigenvalue weighted by Gasteiger charge is 2.21. The topological polar surface area (TPSA) is 118 Å². The first kappa shape index (κ1) is 25.4. The number of aromatic nitrogens is 5. The van der Waals surface area contributed by atoms with Gasteiger partial charge in [-0.05, 0) is 54.7 Å². The molecule has 0 saturated carbocycles. The molecule has 2 aromatic carbocycles. The van der Waals surface area contributed by atoms with Crippen LogP contribution in [-0.4, -0.2) is 52.6 Å². The Hall–Kier alpha value is -3.87. The molecule has 2 N–H and O–H groups in total. The van der Waals surface area contributed by atoms with E-state index in [1.165, 1.54) is 11.3 Å². The lowest BCUT2D eigenvalue weighted by Gasteiger charge is -2.31. The molecule has 1 aliphatic rings. The van der Waals surface area contributed by atoms with E-state index in [-0.39, 0.29) is 11.4 Å². The first-order valence-corrected chi connectivity index (χ1v) is 15.1. The van der Waals surface area contributed by atoms with Crippen LogP contribution in [0.4, 0.5) is 11.1 Å². The fourth-order valence-electron chi connectivity index (χ4n) is 4.74. The van der Waals surface area contributed by atoms with E-state index < -0.39 is 10.0 Å². The number of hydrogen-bond donors (Lipinski definition) is 2. The molecule has 5 aromatic rings. The van der Waals surface area contributed by atoms with Crippen LogP contribution in [0.3, 0.4) is 0 Å². The van der Waals surface area contributed by atoms with Crippen molar-refractivity contribution in [3.8, 4) is 5.69 Å². The Morgan fingerprint density at radius 2 is 1.82 bits per heavy atom. The van der Waals surface area contributed by atoms with Crippen molar-refractivity contribution in [3.63, 3.8) is 0 Å². The number of sulfonamides is 1. The molecule has 0 unspecified atom stereocenters. The summed E-state index contributed by atoms with van der Waals surface area (Å²) < 4.78 is 31.7. The first-order valence-electron chi connectivity index (χ1n) is 12.8. The van der Waals surface area contributed by atoms with Crippen molar-refractivity contribution in [3.05, 3.63) is 85.2 Å². The number of rotatable bonds is 9. The second-order valence-electron chi connectivity index (χ2n) is 9.43. The molecule has 0 spiro atoms. The van der Waals surface area contributed by atoms with Crippen LogP contribution in [0, 0.1) is 5.92 Å². The Labute approximate surface area is 230 Å². The maximum absolute atomic E-state index is 13.1. The zero-order chi connectivity index (χ0) is 26.7. The fraction of sp³-hybridized carbons (Fsp3) is 0.259. The molecule has 1 saturated heterocycles. The standard InChI is InChI=1S/C27H28N8O2S2/c36-39(37,32-18-21-4-1-2-5-24(21)35-15-12-28-19-35)22-6-7-23-25(16-22)38-27(33-23)31-17-20-8-13-34(14-9-20)26-29-10-3-11-30-26/h1-7,10-12,15-16,19-20,32H,8-9,13-14,17-18H2,(H,31,33). The Balaban J connectivity index is 1.08. The molecule has 0 bridgehead atoms. The van der Waals surface area contributed by atoms with Crippen LogP contribution in [-0.2, 0) is 16.6 Å². The van der Waals surface area contributed by atoms with Gasteiger partial charge < -0.3 is 14.8 Å². The van der Waals surface area contributed by atoms with Gasteiger partial charge in [0.15, 0.2) is 5.13 Å². The minimum absolute atomic E-state index is 0.166. The molecular weight excluding hydrogens is 532 g/mol. The summed E-state index contributed by atoms with van der Waals surface area (Å²) in [5.41, 5.74) is 2.51. The van der Waals surface area contributed by atoms with E-state index in [1.807, 2.05) is 41.1 Å². The Bertz CT molecular complexity index is 1650. The van der Waals surface area contributed by atoms with Crippen LogP contribution in [0.2, 0.25) is 0 Å². The van der Waals surface area contributed by atoms with E-state index in [2.05, 4.69) is 34.9 Å². The minimum atomic E-state index is -3.72. The van der Waals surface area contributed by atoms with E-state index in [1.54, 1.807) is 43.1 Å². The van der Waals surface area contributed by atoms with Gasteiger partial charge in [0.05, 0.1) is 27.1 Å². The summed E-state index contributed by atoms with van der Waals surface area (Å²) in [6.45, 7) is 2.85. The molecule has 0 radical (unpaired) electrons. The van der Waals surface area contributed by atoms with Crippen LogP contribution < -0.4 is 14.9 Å². The molecule has 0 amide bonds. The quantitative estimate of drug-likeness (QED) is 0.277. The number of imidazole rings is 1. The molecule has 4 heterocycles. The van der Waals surface area contributed by atoms with Crippen LogP contribution in [0.5, 0.6) is 0 Å². The fourth-order valence-corrected chi connectivity index (χ4v) is 6.76. The highest BCUT2D eigenvalue weighted by atomic mass is 32.2. The van der Waals surface area contributed by atoms with Crippen molar-refractivity contribution in [2.45, 2.75) is 24.3 Å². The van der Waals surface area contributed by atoms with Crippen molar-refractivity contribution in [1.29, 1.82) is 0 Å². The van der Waals surface area contributed by atoms with E-state index >= 15 is 0 Å². The molecule has 1 fully saturated rings. The predicted molar refractivity (Wildman–Crippen MR) is 153 cm³/mol. The molecule has 39 heavy (non-hydrogen) atoms. The molecule has 10 nitrogen and oxygen atoms in total. The van der Waals surface area contributed by atoms with Crippen molar-refractivity contribution in [2.24, 2.45) is 5.92 Å². The number of benzene rings is 2. The third kappa shape index (κ3) is 5.77. The van der Waals surface area contributed by atoms with Crippen LogP contribution >= 0.6 is 11.3 Å². The predicted octanol–water partition coefficient (Wildman–Crippen LogP) is 4.08. The lowest BCUT2D eigenvalue weighted by molar-refractivity contribution is 0.420. The third-order valence-corrected chi connectivity index (χ3v) is 9.26. The van der Waals surface area contributed by atoms with Crippen LogP contribution in [0.1, 0.15) is 18.4 Å². The molecule has 3 aromatic heterocycles. The first-order chi connectivity index (χ1) is 19.0. The van der Waals surface area contributed by atoms with Crippen molar-refractivity contribution >= 4 is 42.7 Å². The second kappa shape index (κ2) is 11.1. The lowest BCUT2D eigenvalue weighted by Crippen LogP contribution is -2.36. The number of nitrogens with one attached hydrogen (secondary N) is 2. The summed E-state index contributed by atoms with van der Waals surface area (Å²) in [7, 11) is -3.72. The number of thiazole rings is 1. The van der Waals surface area contributed by atoms with Gasteiger partial charge in [0.1, 0.15) is 0 Å². The van der Waals surface area contributed by atoms with Gasteiger partial charge in [0.2, 0.25) is 16.0 Å². The number of anilines is 2. The number of nitrogens with zero attached hydrogens (tertiary/aromatic N) is 6. The maximum Gasteiger partial charge on any atom is 0.240 e. The van der Waals surface area contributed by atoms with Crippen molar-refractivity contribution in [2.75, 3.05) is 29.9 Å². The van der Waals surface area contributed by atoms with Gasteiger partial charge in [-0.25, -0.2) is 33.1 Å². The summed E-state index contributed by atoms with van der Waals surface area (Å²) in [5.74, 6) is 1.32. The molecule has 6 rings (SSSR count). The summed E-state index contributed by atoms with van der Waals surface area (Å²) in [6, 6.07) is 14.5. The van der Waals surface area contributed by atoms with Crippen molar-refractivity contribution in [1.82, 2.24) is 29.2 Å². The molecular formula is C27H28N8O2S2. The molecule has 0 atom stereocenters. The minimum Gasteiger partial charge on any atom is -0.361 e. The Morgan fingerprint density at radius 3 is 2.62 bits per heavy atom. The summed E-state index contributed by atoms with van der Waals surface area (Å²) >= 11 is 1.47. The number of para-hydroxylation sites is 1. The van der Waals surface area contributed by atoms with Crippen LogP contribution in [0.25, 0.3) is 15.9 Å². The molecule has 200 valence electrons. The summed E-state index contributed by atoms with van der Waals surface area (Å²) in [5, 5.41) is 4.27. The summed E-state index contributed by atoms with van der Waals surface area (Å²) in [6.07, 6.45) is 10.9. The van der Waals surface area contributed by atoms with E-state index in [9.17, 15) is 8.42 Å². The maximum atomic E-state index is 13.1. The van der Waals surface area contributed by atoms with Gasteiger partial charge in [-0.2, -0.15) is 0 Å². The van der Waals surface area contributed by atoms with Gasteiger partial charge in [-0.1, -0.05) is 29.5 Å². The van der Waals surface area contributed by atoms with E-state index in [4.69, 9.17) is 0 Å². The zero-order valence-electron chi connectivity index (χ0n) is 21.1. The SMILES string of the molecule is O=S(=O)(NCc1ccccc1-n1ccnc1)c1ccc2nc(NCC3CCN(c4ncccn4)CC3)sc2c1. The zero-order valence-corrected chi connectivity index (χ0v) is 22.8. The average molecular weight is 561 g/mol. The third-order valence-electron chi connectivity index (χ3n) is 6.89. The number of fused-ring (bicyclic) bond motifs is 1. The van der Waals surface area contributed by atoms with Gasteiger partial charge >= 0.3 is 0 Å². The highest BCUT2D eigenvalue weighted by molar-refractivity contribution is 7.89. The highest BCUT2D eigenvalue weighted by Crippen LogP contribution is 2.29. The number of piperidine rings is 1.